The second-order valence-electron chi connectivity index (χ2n) is 6.10. The van der Waals surface area contributed by atoms with Crippen LogP contribution in [-0.4, -0.2) is 27.5 Å². The molecule has 0 aliphatic heterocycles. The van der Waals surface area contributed by atoms with Crippen LogP contribution in [0.1, 0.15) is 32.3 Å². The number of benzene rings is 1. The Balaban J connectivity index is 2.09. The van der Waals surface area contributed by atoms with Crippen LogP contribution in [-0.2, 0) is 16.4 Å². The van der Waals surface area contributed by atoms with Crippen LogP contribution in [0.2, 0.25) is 0 Å². The van der Waals surface area contributed by atoms with Crippen molar-refractivity contribution in [2.75, 3.05) is 13.6 Å². The summed E-state index contributed by atoms with van der Waals surface area (Å²) in [7, 11) is -1.52. The normalized spacial score (nSPS) is 16.4. The third kappa shape index (κ3) is 3.81. The molecule has 1 fully saturated rings. The predicted octanol–water partition coefficient (Wildman–Crippen LogP) is 1.92. The van der Waals surface area contributed by atoms with Gasteiger partial charge in [0.2, 0.25) is 10.0 Å². The van der Waals surface area contributed by atoms with Crippen molar-refractivity contribution in [3.8, 4) is 0 Å². The van der Waals surface area contributed by atoms with Gasteiger partial charge in [0.25, 0.3) is 0 Å². The lowest BCUT2D eigenvalue weighted by atomic mass is 10.0. The van der Waals surface area contributed by atoms with Crippen LogP contribution in [0.15, 0.2) is 29.2 Å². The first kappa shape index (κ1) is 15.5. The molecule has 1 aromatic rings. The summed E-state index contributed by atoms with van der Waals surface area (Å²) < 4.78 is 27.6. The summed E-state index contributed by atoms with van der Waals surface area (Å²) in [4.78, 5) is 0.347. The van der Waals surface area contributed by atoms with E-state index >= 15 is 0 Å². The zero-order valence-corrected chi connectivity index (χ0v) is 13.3. The monoisotopic (exact) mass is 296 g/mol. The fourth-order valence-corrected chi connectivity index (χ4v) is 3.87. The largest absolute Gasteiger partial charge is 0.319 e. The van der Waals surface area contributed by atoms with Gasteiger partial charge in [-0.2, -0.15) is 0 Å². The Morgan fingerprint density at radius 2 is 1.80 bits per heavy atom. The minimum Gasteiger partial charge on any atom is -0.319 e. The van der Waals surface area contributed by atoms with E-state index in [1.54, 1.807) is 12.1 Å². The highest BCUT2D eigenvalue weighted by Gasteiger charge is 2.40. The van der Waals surface area contributed by atoms with Gasteiger partial charge in [-0.3, -0.25) is 0 Å². The van der Waals surface area contributed by atoms with E-state index in [1.807, 2.05) is 33.0 Å². The average Bonchev–Trinajstić information content (AvgIpc) is 3.20. The van der Waals surface area contributed by atoms with Crippen molar-refractivity contribution in [2.24, 2.45) is 5.92 Å². The fraction of sp³-hybridized carbons (Fsp3) is 0.600. The van der Waals surface area contributed by atoms with Gasteiger partial charge in [-0.15, -0.1) is 0 Å². The smallest absolute Gasteiger partial charge is 0.241 e. The number of nitrogens with one attached hydrogen (secondary N) is 2. The van der Waals surface area contributed by atoms with E-state index in [0.717, 1.165) is 31.4 Å². The molecule has 4 nitrogen and oxygen atoms in total. The number of hydrogen-bond acceptors (Lipinski definition) is 3. The molecule has 0 radical (unpaired) electrons. The van der Waals surface area contributed by atoms with Gasteiger partial charge in [-0.1, -0.05) is 12.1 Å². The van der Waals surface area contributed by atoms with Crippen LogP contribution in [0.5, 0.6) is 0 Å². The van der Waals surface area contributed by atoms with Crippen molar-refractivity contribution in [3.63, 3.8) is 0 Å². The number of sulfonamides is 1. The molecule has 0 amide bonds. The molecule has 0 aromatic heterocycles. The maximum Gasteiger partial charge on any atom is 0.241 e. The van der Waals surface area contributed by atoms with Gasteiger partial charge >= 0.3 is 0 Å². The Morgan fingerprint density at radius 1 is 1.20 bits per heavy atom. The molecule has 0 unspecified atom stereocenters. The third-order valence-electron chi connectivity index (χ3n) is 3.89. The van der Waals surface area contributed by atoms with E-state index in [0.29, 0.717) is 10.8 Å². The molecule has 5 heteroatoms. The molecule has 0 atom stereocenters. The van der Waals surface area contributed by atoms with Crippen LogP contribution in [0.3, 0.4) is 0 Å². The second-order valence-corrected chi connectivity index (χ2v) is 7.78. The molecule has 1 aliphatic rings. The fourth-order valence-electron chi connectivity index (χ4n) is 2.40. The molecule has 20 heavy (non-hydrogen) atoms. The molecule has 2 rings (SSSR count). The van der Waals surface area contributed by atoms with E-state index in [9.17, 15) is 8.42 Å². The molecule has 0 heterocycles. The lowest BCUT2D eigenvalue weighted by molar-refractivity contribution is 0.400. The summed E-state index contributed by atoms with van der Waals surface area (Å²) in [6, 6.07) is 7.15. The van der Waals surface area contributed by atoms with Crippen LogP contribution in [0, 0.1) is 5.92 Å². The van der Waals surface area contributed by atoms with Crippen LogP contribution in [0.25, 0.3) is 0 Å². The highest BCUT2D eigenvalue weighted by molar-refractivity contribution is 7.89. The molecule has 112 valence electrons. The van der Waals surface area contributed by atoms with Gasteiger partial charge < -0.3 is 5.32 Å². The standard InChI is InChI=1S/C15H24N2O2S/c1-15(2,13-6-7-13)17-20(18,19)14-8-4-12(5-9-14)10-11-16-3/h4-5,8-9,13,16-17H,6-7,10-11H2,1-3H3. The van der Waals surface area contributed by atoms with Crippen LogP contribution < -0.4 is 10.0 Å². The first-order valence-corrected chi connectivity index (χ1v) is 8.61. The summed E-state index contributed by atoms with van der Waals surface area (Å²) in [6.45, 7) is 4.81. The van der Waals surface area contributed by atoms with Gasteiger partial charge in [0.1, 0.15) is 0 Å². The summed E-state index contributed by atoms with van der Waals surface area (Å²) >= 11 is 0. The quantitative estimate of drug-likeness (QED) is 0.808. The topological polar surface area (TPSA) is 58.2 Å². The predicted molar refractivity (Wildman–Crippen MR) is 81.2 cm³/mol. The summed E-state index contributed by atoms with van der Waals surface area (Å²) in [5, 5.41) is 3.08. The molecule has 0 saturated heterocycles. The maximum absolute atomic E-state index is 12.4. The molecular weight excluding hydrogens is 272 g/mol. The molecule has 0 bridgehead atoms. The van der Waals surface area contributed by atoms with Gasteiger partial charge in [0, 0.05) is 5.54 Å². The third-order valence-corrected chi connectivity index (χ3v) is 5.58. The van der Waals surface area contributed by atoms with Crippen molar-refractivity contribution in [3.05, 3.63) is 29.8 Å². The van der Waals surface area contributed by atoms with Crippen LogP contribution >= 0.6 is 0 Å². The van der Waals surface area contributed by atoms with E-state index in [-0.39, 0.29) is 5.54 Å². The minimum atomic E-state index is -3.43. The Kier molecular flexibility index (Phi) is 4.52. The summed E-state index contributed by atoms with van der Waals surface area (Å²) in [5.41, 5.74) is 0.781. The Bertz CT molecular complexity index is 546. The molecule has 1 aliphatic carbocycles. The van der Waals surface area contributed by atoms with Gasteiger partial charge in [-0.25, -0.2) is 13.1 Å². The van der Waals surface area contributed by atoms with Gasteiger partial charge in [0.05, 0.1) is 4.90 Å². The van der Waals surface area contributed by atoms with E-state index < -0.39 is 10.0 Å². The van der Waals surface area contributed by atoms with Gasteiger partial charge in [0.15, 0.2) is 0 Å². The highest BCUT2D eigenvalue weighted by atomic mass is 32.2. The SMILES string of the molecule is CNCCc1ccc(S(=O)(=O)NC(C)(C)C2CC2)cc1. The van der Waals surface area contributed by atoms with Crippen molar-refractivity contribution in [1.82, 2.24) is 10.0 Å². The highest BCUT2D eigenvalue weighted by Crippen LogP contribution is 2.39. The number of rotatable bonds is 7. The molecule has 1 aromatic carbocycles. The van der Waals surface area contributed by atoms with Crippen molar-refractivity contribution in [2.45, 2.75) is 43.5 Å². The zero-order chi connectivity index (χ0) is 14.8. The summed E-state index contributed by atoms with van der Waals surface area (Å²) in [6.07, 6.45) is 3.12. The van der Waals surface area contributed by atoms with E-state index in [1.165, 1.54) is 0 Å². The number of likely N-dealkylation sites (N-methyl/N-ethyl adjacent to an activating group) is 1. The first-order chi connectivity index (χ1) is 9.35. The molecule has 1 saturated carbocycles. The van der Waals surface area contributed by atoms with Crippen molar-refractivity contribution < 1.29 is 8.42 Å². The van der Waals surface area contributed by atoms with E-state index in [4.69, 9.17) is 0 Å². The van der Waals surface area contributed by atoms with Crippen LogP contribution in [0.4, 0.5) is 0 Å². The maximum atomic E-state index is 12.4. The molecular formula is C15H24N2O2S. The number of hydrogen-bond donors (Lipinski definition) is 2. The lowest BCUT2D eigenvalue weighted by Crippen LogP contribution is -2.45. The van der Waals surface area contributed by atoms with Crippen molar-refractivity contribution in [1.29, 1.82) is 0 Å². The van der Waals surface area contributed by atoms with Crippen molar-refractivity contribution >= 4 is 10.0 Å². The molecule has 2 N–H and O–H groups in total. The summed E-state index contributed by atoms with van der Waals surface area (Å²) in [5.74, 6) is 0.465. The molecule has 0 spiro atoms. The van der Waals surface area contributed by atoms with E-state index in [2.05, 4.69) is 10.0 Å². The Morgan fingerprint density at radius 3 is 2.30 bits per heavy atom. The second kappa shape index (κ2) is 5.84. The average molecular weight is 296 g/mol. The zero-order valence-electron chi connectivity index (χ0n) is 12.4. The Labute approximate surface area is 122 Å². The van der Waals surface area contributed by atoms with Gasteiger partial charge in [-0.05, 0) is 70.3 Å². The lowest BCUT2D eigenvalue weighted by Gasteiger charge is -2.25. The Hall–Kier alpha value is -0.910. The first-order valence-electron chi connectivity index (χ1n) is 7.13. The minimum absolute atomic E-state index is 0.347.